The van der Waals surface area contributed by atoms with Crippen molar-refractivity contribution in [2.75, 3.05) is 5.32 Å². The number of pyridine rings is 1. The zero-order chi connectivity index (χ0) is 20.6. The van der Waals surface area contributed by atoms with Crippen LogP contribution in [-0.2, 0) is 20.8 Å². The molecule has 0 aliphatic heterocycles. The Bertz CT molecular complexity index is 991. The number of carbonyl (C=O) groups excluding carboxylic acids is 1. The molecule has 0 fully saturated rings. The summed E-state index contributed by atoms with van der Waals surface area (Å²) in [5.74, 6) is -2.82. The molecule has 1 N–H and O–H groups in total. The minimum Gasteiger partial charge on any atom is -0.309 e. The number of carbonyl (C=O) groups is 1. The summed E-state index contributed by atoms with van der Waals surface area (Å²) >= 11 is 5.59. The summed E-state index contributed by atoms with van der Waals surface area (Å²) < 4.78 is 75.4. The molecule has 0 spiro atoms. The van der Waals surface area contributed by atoms with Crippen molar-refractivity contribution < 1.29 is 30.8 Å². The average molecular weight is 425 g/mol. The lowest BCUT2D eigenvalue weighted by Gasteiger charge is -2.24. The average Bonchev–Trinajstić information content (AvgIpc) is 2.53. The van der Waals surface area contributed by atoms with Crippen molar-refractivity contribution in [3.8, 4) is 0 Å². The number of benzene rings is 1. The minimum absolute atomic E-state index is 0.0399. The molecule has 0 aliphatic rings. The SMILES string of the molecule is CC(C)(C(=O)Nc1cc(C(F)(F)F)ccn1)S(=O)(=O)c1ccc(Cl)cc1F. The number of nitrogens with one attached hydrogen (secondary N) is 1. The van der Waals surface area contributed by atoms with Gasteiger partial charge in [-0.3, -0.25) is 4.79 Å². The molecular formula is C16H13ClF4N2O3S. The van der Waals surface area contributed by atoms with Crippen molar-refractivity contribution in [3.05, 3.63) is 52.9 Å². The molecule has 2 aromatic rings. The zero-order valence-electron chi connectivity index (χ0n) is 13.9. The predicted molar refractivity (Wildman–Crippen MR) is 90.5 cm³/mol. The highest BCUT2D eigenvalue weighted by Gasteiger charge is 2.44. The van der Waals surface area contributed by atoms with Gasteiger partial charge in [0, 0.05) is 11.2 Å². The molecule has 11 heteroatoms. The number of hydrogen-bond acceptors (Lipinski definition) is 4. The maximum Gasteiger partial charge on any atom is 0.416 e. The van der Waals surface area contributed by atoms with Crippen molar-refractivity contribution in [1.29, 1.82) is 0 Å². The van der Waals surface area contributed by atoms with Crippen molar-refractivity contribution >= 4 is 33.2 Å². The van der Waals surface area contributed by atoms with Crippen LogP contribution in [0, 0.1) is 5.82 Å². The largest absolute Gasteiger partial charge is 0.416 e. The van der Waals surface area contributed by atoms with Crippen LogP contribution in [0.25, 0.3) is 0 Å². The second-order valence-electron chi connectivity index (χ2n) is 5.97. The fraction of sp³-hybridized carbons (Fsp3) is 0.250. The van der Waals surface area contributed by atoms with E-state index in [1.165, 1.54) is 0 Å². The number of alkyl halides is 3. The Morgan fingerprint density at radius 2 is 1.78 bits per heavy atom. The van der Waals surface area contributed by atoms with Gasteiger partial charge in [-0.05, 0) is 44.2 Å². The monoisotopic (exact) mass is 424 g/mol. The van der Waals surface area contributed by atoms with Gasteiger partial charge in [0.15, 0.2) is 9.84 Å². The number of amides is 1. The molecule has 5 nitrogen and oxygen atoms in total. The number of halogens is 5. The summed E-state index contributed by atoms with van der Waals surface area (Å²) in [5.41, 5.74) is -1.07. The minimum atomic E-state index is -4.67. The number of nitrogens with zero attached hydrogens (tertiary/aromatic N) is 1. The van der Waals surface area contributed by atoms with E-state index in [0.29, 0.717) is 12.1 Å². The molecule has 1 aromatic heterocycles. The fourth-order valence-corrected chi connectivity index (χ4v) is 3.60. The maximum atomic E-state index is 14.0. The Kier molecular flexibility index (Phi) is 5.53. The second kappa shape index (κ2) is 7.08. The highest BCUT2D eigenvalue weighted by atomic mass is 35.5. The van der Waals surface area contributed by atoms with E-state index in [1.54, 1.807) is 0 Å². The molecule has 27 heavy (non-hydrogen) atoms. The smallest absolute Gasteiger partial charge is 0.309 e. The number of rotatable bonds is 4. The molecule has 0 bridgehead atoms. The number of hydrogen-bond donors (Lipinski definition) is 1. The van der Waals surface area contributed by atoms with Gasteiger partial charge in [0.25, 0.3) is 0 Å². The van der Waals surface area contributed by atoms with Crippen LogP contribution in [0.15, 0.2) is 41.4 Å². The molecule has 2 rings (SSSR count). The Labute approximate surface area is 157 Å². The molecule has 0 radical (unpaired) electrons. The number of aromatic nitrogens is 1. The molecule has 0 saturated heterocycles. The Morgan fingerprint density at radius 3 is 2.33 bits per heavy atom. The van der Waals surface area contributed by atoms with E-state index in [-0.39, 0.29) is 5.02 Å². The summed E-state index contributed by atoms with van der Waals surface area (Å²) in [4.78, 5) is 15.2. The van der Waals surface area contributed by atoms with Crippen molar-refractivity contribution in [2.45, 2.75) is 29.7 Å². The molecule has 146 valence electrons. The lowest BCUT2D eigenvalue weighted by Crippen LogP contribution is -2.44. The predicted octanol–water partition coefficient (Wildman–Crippen LogP) is 4.08. The molecule has 1 aromatic carbocycles. The molecule has 0 aliphatic carbocycles. The highest BCUT2D eigenvalue weighted by molar-refractivity contribution is 7.93. The van der Waals surface area contributed by atoms with Crippen LogP contribution in [0.2, 0.25) is 5.02 Å². The first-order valence-electron chi connectivity index (χ1n) is 7.31. The fourth-order valence-electron chi connectivity index (χ4n) is 2.03. The van der Waals surface area contributed by atoms with Gasteiger partial charge < -0.3 is 5.32 Å². The van der Waals surface area contributed by atoms with Crippen LogP contribution in [0.3, 0.4) is 0 Å². The van der Waals surface area contributed by atoms with Crippen LogP contribution in [0.1, 0.15) is 19.4 Å². The second-order valence-corrected chi connectivity index (χ2v) is 8.87. The number of anilines is 1. The molecule has 0 atom stereocenters. The molecule has 0 saturated carbocycles. The van der Waals surface area contributed by atoms with E-state index < -0.39 is 48.8 Å². The third-order valence-corrected chi connectivity index (χ3v) is 6.41. The topological polar surface area (TPSA) is 76.1 Å². The Balaban J connectivity index is 2.37. The third-order valence-electron chi connectivity index (χ3n) is 3.73. The van der Waals surface area contributed by atoms with Crippen molar-refractivity contribution in [1.82, 2.24) is 4.98 Å². The van der Waals surface area contributed by atoms with Gasteiger partial charge in [-0.25, -0.2) is 17.8 Å². The highest BCUT2D eigenvalue weighted by Crippen LogP contribution is 2.32. The lowest BCUT2D eigenvalue weighted by atomic mass is 10.2. The van der Waals surface area contributed by atoms with Crippen molar-refractivity contribution in [2.24, 2.45) is 0 Å². The van der Waals surface area contributed by atoms with E-state index in [4.69, 9.17) is 11.6 Å². The van der Waals surface area contributed by atoms with Gasteiger partial charge in [-0.2, -0.15) is 13.2 Å². The van der Waals surface area contributed by atoms with E-state index in [9.17, 15) is 30.8 Å². The maximum absolute atomic E-state index is 14.0. The van der Waals surface area contributed by atoms with E-state index in [2.05, 4.69) is 4.98 Å². The zero-order valence-corrected chi connectivity index (χ0v) is 15.5. The Hall–Kier alpha value is -2.20. The molecule has 1 amide bonds. The molecular weight excluding hydrogens is 412 g/mol. The quantitative estimate of drug-likeness (QED) is 0.750. The number of sulfone groups is 1. The standard InChI is InChI=1S/C16H13ClF4N2O3S/c1-15(2,27(25,26)12-4-3-10(17)8-11(12)18)14(24)23-13-7-9(5-6-22-13)16(19,20)21/h3-8H,1-2H3,(H,22,23,24). The van der Waals surface area contributed by atoms with Gasteiger partial charge in [0.05, 0.1) is 5.56 Å². The summed E-state index contributed by atoms with van der Waals surface area (Å²) in [7, 11) is -4.54. The normalized spacial score (nSPS) is 12.7. The van der Waals surface area contributed by atoms with Crippen LogP contribution in [-0.4, -0.2) is 24.1 Å². The Morgan fingerprint density at radius 1 is 1.15 bits per heavy atom. The molecule has 1 heterocycles. The summed E-state index contributed by atoms with van der Waals surface area (Å²) in [6.07, 6.45) is -3.85. The van der Waals surface area contributed by atoms with Crippen LogP contribution >= 0.6 is 11.6 Å². The first-order valence-corrected chi connectivity index (χ1v) is 9.17. The molecule has 0 unspecified atom stereocenters. The van der Waals surface area contributed by atoms with E-state index >= 15 is 0 Å². The third kappa shape index (κ3) is 4.22. The van der Waals surface area contributed by atoms with Crippen LogP contribution in [0.4, 0.5) is 23.4 Å². The van der Waals surface area contributed by atoms with Gasteiger partial charge in [-0.1, -0.05) is 11.6 Å². The summed E-state index contributed by atoms with van der Waals surface area (Å²) in [6.45, 7) is 2.00. The van der Waals surface area contributed by atoms with Crippen LogP contribution < -0.4 is 5.32 Å². The van der Waals surface area contributed by atoms with Gasteiger partial charge in [0.2, 0.25) is 5.91 Å². The van der Waals surface area contributed by atoms with Gasteiger partial charge in [-0.15, -0.1) is 0 Å². The first-order chi connectivity index (χ1) is 12.3. The summed E-state index contributed by atoms with van der Waals surface area (Å²) in [5, 5.41) is 1.98. The van der Waals surface area contributed by atoms with Gasteiger partial charge in [0.1, 0.15) is 21.3 Å². The van der Waals surface area contributed by atoms with Gasteiger partial charge >= 0.3 is 6.18 Å². The lowest BCUT2D eigenvalue weighted by molar-refractivity contribution is -0.137. The van der Waals surface area contributed by atoms with Crippen LogP contribution in [0.5, 0.6) is 0 Å². The van der Waals surface area contributed by atoms with Crippen molar-refractivity contribution in [3.63, 3.8) is 0 Å². The summed E-state index contributed by atoms with van der Waals surface area (Å²) in [6, 6.07) is 4.07. The van der Waals surface area contributed by atoms with E-state index in [0.717, 1.165) is 38.2 Å². The van der Waals surface area contributed by atoms with E-state index in [1.807, 2.05) is 5.32 Å². The first kappa shape index (κ1) is 21.1.